The average molecular weight is 329 g/mol. The van der Waals surface area contributed by atoms with Crippen molar-refractivity contribution in [2.24, 2.45) is 0 Å². The summed E-state index contributed by atoms with van der Waals surface area (Å²) in [6.07, 6.45) is 0. The van der Waals surface area contributed by atoms with Crippen LogP contribution >= 0.6 is 11.6 Å². The third-order valence-corrected chi connectivity index (χ3v) is 4.29. The van der Waals surface area contributed by atoms with E-state index in [4.69, 9.17) is 25.6 Å². The Kier molecular flexibility index (Phi) is 4.57. The fourth-order valence-corrected chi connectivity index (χ4v) is 2.34. The van der Waals surface area contributed by atoms with Gasteiger partial charge in [0.1, 0.15) is 5.82 Å². The molecule has 1 aliphatic rings. The molecule has 22 heavy (non-hydrogen) atoms. The van der Waals surface area contributed by atoms with Crippen LogP contribution in [0.4, 0.5) is 4.39 Å². The maximum Gasteiger partial charge on any atom is 0.497 e. The number of ether oxygens (including phenoxy) is 1. The Labute approximate surface area is 135 Å². The third-order valence-electron chi connectivity index (χ3n) is 4.07. The lowest BCUT2D eigenvalue weighted by atomic mass is 9.77. The van der Waals surface area contributed by atoms with Gasteiger partial charge in [0.05, 0.1) is 23.4 Å². The summed E-state index contributed by atoms with van der Waals surface area (Å²) in [6.45, 7) is 9.25. The van der Waals surface area contributed by atoms with Gasteiger partial charge in [-0.25, -0.2) is 9.18 Å². The number of esters is 1. The fraction of sp³-hybridized carbons (Fsp3) is 0.533. The van der Waals surface area contributed by atoms with Crippen molar-refractivity contribution in [1.29, 1.82) is 0 Å². The molecule has 0 N–H and O–H groups in total. The molecule has 0 aromatic heterocycles. The van der Waals surface area contributed by atoms with E-state index in [1.54, 1.807) is 6.92 Å². The number of rotatable bonds is 3. The molecule has 1 aliphatic heterocycles. The van der Waals surface area contributed by atoms with Crippen molar-refractivity contribution in [3.63, 3.8) is 0 Å². The summed E-state index contributed by atoms with van der Waals surface area (Å²) in [7, 11) is -0.933. The Morgan fingerprint density at radius 1 is 1.27 bits per heavy atom. The molecule has 0 aliphatic carbocycles. The molecule has 2 rings (SSSR count). The summed E-state index contributed by atoms with van der Waals surface area (Å²) in [5.41, 5.74) is -1.36. The summed E-state index contributed by atoms with van der Waals surface area (Å²) in [5, 5.41) is 0.217. The quantitative estimate of drug-likeness (QED) is 0.632. The first-order valence-electron chi connectivity index (χ1n) is 7.11. The maximum absolute atomic E-state index is 14.7. The Morgan fingerprint density at radius 2 is 1.82 bits per heavy atom. The van der Waals surface area contributed by atoms with Crippen LogP contribution in [-0.4, -0.2) is 30.9 Å². The first-order chi connectivity index (χ1) is 10.1. The van der Waals surface area contributed by atoms with E-state index >= 15 is 0 Å². The lowest BCUT2D eigenvalue weighted by Crippen LogP contribution is -2.41. The molecule has 0 atom stereocenters. The Morgan fingerprint density at radius 3 is 2.32 bits per heavy atom. The number of hydrogen-bond donors (Lipinski definition) is 0. The van der Waals surface area contributed by atoms with Crippen LogP contribution in [0.15, 0.2) is 12.1 Å². The van der Waals surface area contributed by atoms with Crippen LogP contribution in [0.1, 0.15) is 45.0 Å². The zero-order valence-electron chi connectivity index (χ0n) is 13.3. The summed E-state index contributed by atoms with van der Waals surface area (Å²) < 4.78 is 31.1. The molecular weight excluding hydrogens is 309 g/mol. The molecule has 7 heteroatoms. The Hall–Kier alpha value is -1.11. The molecule has 0 saturated carbocycles. The van der Waals surface area contributed by atoms with Gasteiger partial charge in [0.25, 0.3) is 0 Å². The van der Waals surface area contributed by atoms with Crippen molar-refractivity contribution >= 4 is 30.2 Å². The minimum atomic E-state index is -0.933. The first kappa shape index (κ1) is 17.3. The van der Waals surface area contributed by atoms with E-state index in [-0.39, 0.29) is 22.7 Å². The van der Waals surface area contributed by atoms with Crippen molar-refractivity contribution in [2.45, 2.75) is 45.8 Å². The van der Waals surface area contributed by atoms with E-state index in [1.807, 2.05) is 27.7 Å². The van der Waals surface area contributed by atoms with Gasteiger partial charge in [-0.3, -0.25) is 0 Å². The minimum Gasteiger partial charge on any atom is -0.462 e. The highest BCUT2D eigenvalue weighted by Gasteiger charge is 2.52. The molecular formula is C15H19BClFO4. The number of carbonyl (C=O) groups excluding carboxylic acids is 1. The Balaban J connectivity index is 2.43. The van der Waals surface area contributed by atoms with Crippen LogP contribution in [0.5, 0.6) is 0 Å². The van der Waals surface area contributed by atoms with E-state index in [0.717, 1.165) is 0 Å². The highest BCUT2D eigenvalue weighted by atomic mass is 35.5. The number of halogens is 2. The van der Waals surface area contributed by atoms with Gasteiger partial charge in [-0.15, -0.1) is 0 Å². The average Bonchev–Trinajstić information content (AvgIpc) is 2.61. The molecule has 1 fully saturated rings. The second kappa shape index (κ2) is 5.83. The molecule has 1 saturated heterocycles. The van der Waals surface area contributed by atoms with Crippen LogP contribution < -0.4 is 5.46 Å². The lowest BCUT2D eigenvalue weighted by Gasteiger charge is -2.32. The van der Waals surface area contributed by atoms with Crippen molar-refractivity contribution in [1.82, 2.24) is 0 Å². The summed E-state index contributed by atoms with van der Waals surface area (Å²) in [6, 6.07) is 2.64. The maximum atomic E-state index is 14.7. The first-order valence-corrected chi connectivity index (χ1v) is 7.48. The highest BCUT2D eigenvalue weighted by Crippen LogP contribution is 2.37. The molecule has 120 valence electrons. The number of hydrogen-bond acceptors (Lipinski definition) is 4. The molecule has 1 heterocycles. The van der Waals surface area contributed by atoms with Gasteiger partial charge in [-0.1, -0.05) is 11.6 Å². The molecule has 0 radical (unpaired) electrons. The highest BCUT2D eigenvalue weighted by molar-refractivity contribution is 6.62. The topological polar surface area (TPSA) is 44.8 Å². The van der Waals surface area contributed by atoms with Crippen molar-refractivity contribution < 1.29 is 23.2 Å². The zero-order valence-corrected chi connectivity index (χ0v) is 14.1. The molecule has 1 aromatic carbocycles. The predicted octanol–water partition coefficient (Wildman–Crippen LogP) is 2.96. The zero-order chi connectivity index (χ0) is 16.7. The predicted molar refractivity (Wildman–Crippen MR) is 83.1 cm³/mol. The van der Waals surface area contributed by atoms with Gasteiger partial charge in [-0.2, -0.15) is 0 Å². The van der Waals surface area contributed by atoms with E-state index in [1.165, 1.54) is 12.1 Å². The van der Waals surface area contributed by atoms with Gasteiger partial charge >= 0.3 is 13.1 Å². The van der Waals surface area contributed by atoms with Gasteiger partial charge in [-0.05, 0) is 46.8 Å². The smallest absolute Gasteiger partial charge is 0.462 e. The molecule has 1 aromatic rings. The molecule has 0 amide bonds. The van der Waals surface area contributed by atoms with Gasteiger partial charge in [0.15, 0.2) is 0 Å². The van der Waals surface area contributed by atoms with E-state index in [2.05, 4.69) is 0 Å². The van der Waals surface area contributed by atoms with Crippen molar-refractivity contribution in [3.05, 3.63) is 28.5 Å². The van der Waals surface area contributed by atoms with Crippen LogP contribution in [0.25, 0.3) is 0 Å². The normalized spacial score (nSPS) is 19.3. The van der Waals surface area contributed by atoms with Gasteiger partial charge in [0.2, 0.25) is 0 Å². The van der Waals surface area contributed by atoms with Crippen LogP contribution in [0, 0.1) is 5.82 Å². The monoisotopic (exact) mass is 328 g/mol. The summed E-state index contributed by atoms with van der Waals surface area (Å²) in [5.74, 6) is -1.50. The lowest BCUT2D eigenvalue weighted by molar-refractivity contribution is 0.00578. The van der Waals surface area contributed by atoms with E-state index in [0.29, 0.717) is 0 Å². The second-order valence-electron chi connectivity index (χ2n) is 6.17. The molecule has 0 spiro atoms. The number of carbonyl (C=O) groups is 1. The largest absolute Gasteiger partial charge is 0.497 e. The standard InChI is InChI=1S/C15H19BClFO4/c1-6-20-13(19)10-7-9(17)8-11(12(10)18)16-21-14(2,3)15(4,5)22-16/h7-8H,6H2,1-5H3. The minimum absolute atomic E-state index is 0.0919. The van der Waals surface area contributed by atoms with Crippen LogP contribution in [-0.2, 0) is 14.0 Å². The van der Waals surface area contributed by atoms with Crippen molar-refractivity contribution in [2.75, 3.05) is 6.61 Å². The van der Waals surface area contributed by atoms with Gasteiger partial charge < -0.3 is 14.0 Å². The van der Waals surface area contributed by atoms with Crippen LogP contribution in [0.3, 0.4) is 0 Å². The van der Waals surface area contributed by atoms with E-state index in [9.17, 15) is 9.18 Å². The molecule has 4 nitrogen and oxygen atoms in total. The Bertz CT molecular complexity index is 587. The SMILES string of the molecule is CCOC(=O)c1cc(Cl)cc(B2OC(C)(C)C(C)(C)O2)c1F. The second-order valence-corrected chi connectivity index (χ2v) is 6.60. The van der Waals surface area contributed by atoms with Gasteiger partial charge in [0, 0.05) is 10.5 Å². The summed E-state index contributed by atoms with van der Waals surface area (Å²) >= 11 is 6.00. The van der Waals surface area contributed by atoms with E-state index < -0.39 is 30.1 Å². The number of benzene rings is 1. The summed E-state index contributed by atoms with van der Waals surface area (Å²) in [4.78, 5) is 11.8. The van der Waals surface area contributed by atoms with Crippen molar-refractivity contribution in [3.8, 4) is 0 Å². The third kappa shape index (κ3) is 3.00. The molecule has 0 bridgehead atoms. The van der Waals surface area contributed by atoms with Crippen LogP contribution in [0.2, 0.25) is 5.02 Å². The fourth-order valence-electron chi connectivity index (χ4n) is 2.11. The molecule has 0 unspecified atom stereocenters.